The van der Waals surface area contributed by atoms with Gasteiger partial charge in [-0.3, -0.25) is 4.79 Å². The summed E-state index contributed by atoms with van der Waals surface area (Å²) in [5.41, 5.74) is 8.35. The van der Waals surface area contributed by atoms with Crippen LogP contribution in [0.5, 0.6) is 0 Å². The first kappa shape index (κ1) is 13.8. The van der Waals surface area contributed by atoms with E-state index < -0.39 is 0 Å². The number of benzene rings is 1. The molecule has 0 radical (unpaired) electrons. The first-order chi connectivity index (χ1) is 10.6. The number of H-pyrrole nitrogens is 1. The molecule has 2 aromatic heterocycles. The summed E-state index contributed by atoms with van der Waals surface area (Å²) < 4.78 is 0.959. The molecule has 3 N–H and O–H groups in total. The normalized spacial score (nSPS) is 14.3. The van der Waals surface area contributed by atoms with Crippen LogP contribution in [0.4, 0.5) is 5.13 Å². The monoisotopic (exact) mass is 376 g/mol. The third-order valence-electron chi connectivity index (χ3n) is 3.87. The topological polar surface area (TPSA) is 75.0 Å². The second-order valence-electron chi connectivity index (χ2n) is 5.29. The highest BCUT2D eigenvalue weighted by Crippen LogP contribution is 2.28. The predicted molar refractivity (Wildman–Crippen MR) is 91.0 cm³/mol. The number of fused-ring (bicyclic) bond motifs is 2. The molecule has 1 aromatic carbocycles. The fourth-order valence-electron chi connectivity index (χ4n) is 2.79. The molecule has 0 unspecified atom stereocenters. The van der Waals surface area contributed by atoms with Gasteiger partial charge in [-0.15, -0.1) is 11.3 Å². The van der Waals surface area contributed by atoms with E-state index >= 15 is 0 Å². The van der Waals surface area contributed by atoms with Gasteiger partial charge in [0, 0.05) is 27.7 Å². The van der Waals surface area contributed by atoms with Crippen LogP contribution in [0, 0.1) is 0 Å². The molecular weight excluding hydrogens is 364 g/mol. The number of hydrogen-bond donors (Lipinski definition) is 2. The van der Waals surface area contributed by atoms with Gasteiger partial charge in [0.25, 0.3) is 5.91 Å². The molecule has 3 heterocycles. The van der Waals surface area contributed by atoms with Crippen molar-refractivity contribution in [3.05, 3.63) is 45.0 Å². The number of halogens is 1. The maximum absolute atomic E-state index is 12.7. The van der Waals surface area contributed by atoms with Crippen molar-refractivity contribution in [1.82, 2.24) is 14.9 Å². The number of para-hydroxylation sites is 1. The van der Waals surface area contributed by atoms with E-state index in [2.05, 4.69) is 25.9 Å². The van der Waals surface area contributed by atoms with Gasteiger partial charge in [0.15, 0.2) is 5.13 Å². The Bertz CT molecular complexity index is 885. The van der Waals surface area contributed by atoms with Crippen LogP contribution in [0.2, 0.25) is 0 Å². The molecule has 0 fully saturated rings. The molecule has 3 aromatic rings. The molecule has 4 rings (SSSR count). The van der Waals surface area contributed by atoms with Gasteiger partial charge in [0.05, 0.1) is 17.8 Å². The Morgan fingerprint density at radius 2 is 2.32 bits per heavy atom. The molecule has 0 bridgehead atoms. The minimum atomic E-state index is 0.0146. The quantitative estimate of drug-likeness (QED) is 0.684. The van der Waals surface area contributed by atoms with Crippen molar-refractivity contribution in [2.24, 2.45) is 0 Å². The zero-order chi connectivity index (χ0) is 15.3. The van der Waals surface area contributed by atoms with Crippen LogP contribution >= 0.6 is 27.3 Å². The Labute approximate surface area is 139 Å². The van der Waals surface area contributed by atoms with Gasteiger partial charge < -0.3 is 15.6 Å². The minimum absolute atomic E-state index is 0.0146. The molecule has 1 aliphatic rings. The van der Waals surface area contributed by atoms with E-state index in [0.717, 1.165) is 32.4 Å². The molecule has 1 amide bonds. The van der Waals surface area contributed by atoms with E-state index in [1.165, 1.54) is 11.3 Å². The summed E-state index contributed by atoms with van der Waals surface area (Å²) >= 11 is 4.97. The zero-order valence-electron chi connectivity index (χ0n) is 11.6. The highest BCUT2D eigenvalue weighted by atomic mass is 79.9. The summed E-state index contributed by atoms with van der Waals surface area (Å²) in [6.07, 6.45) is 0.763. The Kier molecular flexibility index (Phi) is 3.19. The number of nitrogen functional groups attached to an aromatic ring is 1. The number of hydrogen-bond acceptors (Lipinski definition) is 4. The van der Waals surface area contributed by atoms with Gasteiger partial charge in [0.1, 0.15) is 5.69 Å². The number of aromatic nitrogens is 2. The summed E-state index contributed by atoms with van der Waals surface area (Å²) in [7, 11) is 0. The Morgan fingerprint density at radius 3 is 3.14 bits per heavy atom. The van der Waals surface area contributed by atoms with Crippen molar-refractivity contribution in [3.63, 3.8) is 0 Å². The summed E-state index contributed by atoms with van der Waals surface area (Å²) in [5.74, 6) is 0.0146. The molecule has 22 heavy (non-hydrogen) atoms. The molecule has 1 aliphatic heterocycles. The maximum atomic E-state index is 12.7. The SMILES string of the molecule is Nc1nc2c(s1)CN(C(=O)c1cc3cccc(Br)c3[nH]1)CC2. The lowest BCUT2D eigenvalue weighted by Gasteiger charge is -2.25. The highest BCUT2D eigenvalue weighted by molar-refractivity contribution is 9.10. The lowest BCUT2D eigenvalue weighted by Crippen LogP contribution is -2.35. The number of amides is 1. The summed E-state index contributed by atoms with van der Waals surface area (Å²) in [4.78, 5) is 23.2. The second kappa shape index (κ2) is 5.10. The van der Waals surface area contributed by atoms with Crippen LogP contribution in [0.1, 0.15) is 21.1 Å². The maximum Gasteiger partial charge on any atom is 0.270 e. The predicted octanol–water partition coefficient (Wildman–Crippen LogP) is 3.17. The number of nitrogens with two attached hydrogens (primary N) is 1. The molecule has 0 saturated carbocycles. The van der Waals surface area contributed by atoms with Crippen LogP contribution < -0.4 is 5.73 Å². The number of thiazole rings is 1. The standard InChI is InChI=1S/C15H13BrN4OS/c16-9-3-1-2-8-6-11(18-13(8)9)14(21)20-5-4-10-12(7-20)22-15(17)19-10/h1-3,6,18H,4-5,7H2,(H2,17,19). The van der Waals surface area contributed by atoms with Gasteiger partial charge in [0.2, 0.25) is 0 Å². The van der Waals surface area contributed by atoms with Gasteiger partial charge >= 0.3 is 0 Å². The molecule has 5 nitrogen and oxygen atoms in total. The van der Waals surface area contributed by atoms with E-state index in [1.807, 2.05) is 29.2 Å². The largest absolute Gasteiger partial charge is 0.375 e. The van der Waals surface area contributed by atoms with Crippen molar-refractivity contribution in [2.75, 3.05) is 12.3 Å². The zero-order valence-corrected chi connectivity index (χ0v) is 14.0. The fraction of sp³-hybridized carbons (Fsp3) is 0.200. The number of rotatable bonds is 1. The van der Waals surface area contributed by atoms with E-state index in [-0.39, 0.29) is 5.91 Å². The van der Waals surface area contributed by atoms with Gasteiger partial charge in [-0.2, -0.15) is 0 Å². The first-order valence-electron chi connectivity index (χ1n) is 6.92. The van der Waals surface area contributed by atoms with Crippen molar-refractivity contribution in [2.45, 2.75) is 13.0 Å². The average molecular weight is 377 g/mol. The number of carbonyl (C=O) groups excluding carboxylic acids is 1. The minimum Gasteiger partial charge on any atom is -0.375 e. The second-order valence-corrected chi connectivity index (χ2v) is 7.26. The molecule has 0 atom stereocenters. The lowest BCUT2D eigenvalue weighted by atomic mass is 10.1. The molecular formula is C15H13BrN4OS. The lowest BCUT2D eigenvalue weighted by molar-refractivity contribution is 0.0731. The Hall–Kier alpha value is -1.86. The Morgan fingerprint density at radius 1 is 1.45 bits per heavy atom. The number of carbonyl (C=O) groups is 1. The first-order valence-corrected chi connectivity index (χ1v) is 8.53. The van der Waals surface area contributed by atoms with Crippen molar-refractivity contribution in [3.8, 4) is 0 Å². The van der Waals surface area contributed by atoms with Crippen LogP contribution in [-0.4, -0.2) is 27.3 Å². The van der Waals surface area contributed by atoms with E-state index in [4.69, 9.17) is 5.73 Å². The van der Waals surface area contributed by atoms with Crippen molar-refractivity contribution >= 4 is 49.2 Å². The molecule has 7 heteroatoms. The highest BCUT2D eigenvalue weighted by Gasteiger charge is 2.25. The van der Waals surface area contributed by atoms with Gasteiger partial charge in [-0.1, -0.05) is 12.1 Å². The van der Waals surface area contributed by atoms with Gasteiger partial charge in [-0.25, -0.2) is 4.98 Å². The molecule has 112 valence electrons. The number of aromatic amines is 1. The van der Waals surface area contributed by atoms with Crippen molar-refractivity contribution in [1.29, 1.82) is 0 Å². The Balaban J connectivity index is 1.65. The smallest absolute Gasteiger partial charge is 0.270 e. The van der Waals surface area contributed by atoms with E-state index in [9.17, 15) is 4.79 Å². The van der Waals surface area contributed by atoms with Crippen LogP contribution in [-0.2, 0) is 13.0 Å². The van der Waals surface area contributed by atoms with E-state index in [0.29, 0.717) is 23.9 Å². The molecule has 0 spiro atoms. The molecule has 0 saturated heterocycles. The van der Waals surface area contributed by atoms with Crippen LogP contribution in [0.3, 0.4) is 0 Å². The third kappa shape index (κ3) is 2.21. The number of anilines is 1. The fourth-order valence-corrected chi connectivity index (χ4v) is 4.17. The number of nitrogens with one attached hydrogen (secondary N) is 1. The summed E-state index contributed by atoms with van der Waals surface area (Å²) in [6, 6.07) is 7.81. The summed E-state index contributed by atoms with van der Waals surface area (Å²) in [6.45, 7) is 1.26. The van der Waals surface area contributed by atoms with Crippen LogP contribution in [0.25, 0.3) is 10.9 Å². The van der Waals surface area contributed by atoms with Crippen molar-refractivity contribution < 1.29 is 4.79 Å². The van der Waals surface area contributed by atoms with E-state index in [1.54, 1.807) is 0 Å². The number of nitrogens with zero attached hydrogens (tertiary/aromatic N) is 2. The van der Waals surface area contributed by atoms with Crippen LogP contribution in [0.15, 0.2) is 28.7 Å². The summed E-state index contributed by atoms with van der Waals surface area (Å²) in [5, 5.41) is 1.60. The average Bonchev–Trinajstić information content (AvgIpc) is 3.08. The third-order valence-corrected chi connectivity index (χ3v) is 5.44. The van der Waals surface area contributed by atoms with Gasteiger partial charge in [-0.05, 0) is 28.1 Å². The molecule has 0 aliphatic carbocycles.